The van der Waals surface area contributed by atoms with Crippen LogP contribution in [0.3, 0.4) is 0 Å². The van der Waals surface area contributed by atoms with Gasteiger partial charge in [0.05, 0.1) is 23.6 Å². The molecule has 1 aromatic carbocycles. The number of amides is 2. The number of carbonyl (C=O) groups excluding carboxylic acids is 2. The Balaban J connectivity index is 0.00000272. The molecule has 170 valence electrons. The third-order valence-corrected chi connectivity index (χ3v) is 6.40. The van der Waals surface area contributed by atoms with Crippen LogP contribution >= 0.6 is 12.4 Å². The molecule has 2 heterocycles. The van der Waals surface area contributed by atoms with Crippen molar-refractivity contribution in [3.05, 3.63) is 36.4 Å². The average molecular weight is 448 g/mol. The Hall–Kier alpha value is -2.05. The lowest BCUT2D eigenvalue weighted by Crippen LogP contribution is -2.47. The minimum Gasteiger partial charge on any atom is -0.489 e. The van der Waals surface area contributed by atoms with Crippen molar-refractivity contribution in [2.45, 2.75) is 39.2 Å². The number of benzene rings is 1. The molecule has 0 spiro atoms. The van der Waals surface area contributed by atoms with E-state index in [1.165, 1.54) is 4.90 Å². The summed E-state index contributed by atoms with van der Waals surface area (Å²) in [4.78, 5) is 31.5. The van der Waals surface area contributed by atoms with Gasteiger partial charge in [-0.1, -0.05) is 24.3 Å². The second-order valence-electron chi connectivity index (χ2n) is 8.80. The molecule has 2 atom stereocenters. The highest BCUT2D eigenvalue weighted by atomic mass is 35.5. The van der Waals surface area contributed by atoms with Crippen LogP contribution in [-0.4, -0.2) is 67.0 Å². The number of fused-ring (bicyclic) bond motifs is 1. The SMILES string of the molecule is CC(C)Oc1ccccc1N1CCN(CCCN2C(=O)C3CC=CCC3C2=O)CC1.Cl. The number of hydrogen-bond donors (Lipinski definition) is 0. The summed E-state index contributed by atoms with van der Waals surface area (Å²) in [6.07, 6.45) is 6.52. The first-order chi connectivity index (χ1) is 14.5. The van der Waals surface area contributed by atoms with Gasteiger partial charge in [0.25, 0.3) is 0 Å². The number of halogens is 1. The van der Waals surface area contributed by atoms with E-state index < -0.39 is 0 Å². The molecule has 1 aromatic rings. The highest BCUT2D eigenvalue weighted by Gasteiger charge is 2.46. The fourth-order valence-electron chi connectivity index (χ4n) is 4.83. The van der Waals surface area contributed by atoms with E-state index in [4.69, 9.17) is 4.74 Å². The molecule has 0 radical (unpaired) electrons. The van der Waals surface area contributed by atoms with Crippen molar-refractivity contribution in [3.63, 3.8) is 0 Å². The van der Waals surface area contributed by atoms with E-state index in [-0.39, 0.29) is 42.2 Å². The molecule has 2 unspecified atom stereocenters. The topological polar surface area (TPSA) is 53.1 Å². The number of imide groups is 1. The van der Waals surface area contributed by atoms with Gasteiger partial charge in [-0.2, -0.15) is 0 Å². The summed E-state index contributed by atoms with van der Waals surface area (Å²) in [5.74, 6) is 0.808. The minimum absolute atomic E-state index is 0. The number of para-hydroxylation sites is 2. The van der Waals surface area contributed by atoms with Crippen molar-refractivity contribution in [3.8, 4) is 5.75 Å². The molecule has 7 heteroatoms. The van der Waals surface area contributed by atoms with E-state index in [2.05, 4.69) is 35.8 Å². The van der Waals surface area contributed by atoms with E-state index in [1.54, 1.807) is 0 Å². The van der Waals surface area contributed by atoms with Crippen LogP contribution in [-0.2, 0) is 9.59 Å². The zero-order chi connectivity index (χ0) is 21.1. The Morgan fingerprint density at radius 3 is 2.16 bits per heavy atom. The first-order valence-corrected chi connectivity index (χ1v) is 11.3. The molecular formula is C24H34ClN3O3. The van der Waals surface area contributed by atoms with Gasteiger partial charge >= 0.3 is 0 Å². The second kappa shape index (κ2) is 10.5. The van der Waals surface area contributed by atoms with Gasteiger partial charge in [-0.3, -0.25) is 19.4 Å². The molecule has 3 aliphatic rings. The standard InChI is InChI=1S/C24H33N3O3.ClH/c1-18(2)30-22-11-6-5-10-21(22)26-16-14-25(15-17-26)12-7-13-27-23(28)19-8-3-4-9-20(19)24(27)29;/h3-6,10-11,18-20H,7-9,12-17H2,1-2H3;1H. The maximum absolute atomic E-state index is 12.6. The average Bonchev–Trinajstić information content (AvgIpc) is 2.99. The summed E-state index contributed by atoms with van der Waals surface area (Å²) >= 11 is 0. The Kier molecular flexibility index (Phi) is 8.00. The van der Waals surface area contributed by atoms with Crippen molar-refractivity contribution in [2.75, 3.05) is 44.2 Å². The monoisotopic (exact) mass is 447 g/mol. The van der Waals surface area contributed by atoms with Crippen molar-refractivity contribution in [2.24, 2.45) is 11.8 Å². The Morgan fingerprint density at radius 2 is 1.55 bits per heavy atom. The summed E-state index contributed by atoms with van der Waals surface area (Å²) in [5, 5.41) is 0. The minimum atomic E-state index is -0.112. The molecule has 2 saturated heterocycles. The highest BCUT2D eigenvalue weighted by molar-refractivity contribution is 6.05. The number of nitrogens with zero attached hydrogens (tertiary/aromatic N) is 3. The summed E-state index contributed by atoms with van der Waals surface area (Å²) < 4.78 is 5.98. The lowest BCUT2D eigenvalue weighted by Gasteiger charge is -2.37. The van der Waals surface area contributed by atoms with Crippen LogP contribution in [0, 0.1) is 11.8 Å². The highest BCUT2D eigenvalue weighted by Crippen LogP contribution is 2.35. The number of piperazine rings is 1. The molecule has 6 nitrogen and oxygen atoms in total. The van der Waals surface area contributed by atoms with Crippen molar-refractivity contribution < 1.29 is 14.3 Å². The number of allylic oxidation sites excluding steroid dienone is 2. The Morgan fingerprint density at radius 1 is 0.935 bits per heavy atom. The van der Waals surface area contributed by atoms with Crippen LogP contribution in [0.15, 0.2) is 36.4 Å². The fourth-order valence-corrected chi connectivity index (χ4v) is 4.83. The maximum Gasteiger partial charge on any atom is 0.233 e. The summed E-state index contributed by atoms with van der Waals surface area (Å²) in [6.45, 7) is 9.44. The molecule has 0 N–H and O–H groups in total. The van der Waals surface area contributed by atoms with Gasteiger partial charge in [0.1, 0.15) is 5.75 Å². The maximum atomic E-state index is 12.6. The molecule has 2 aliphatic heterocycles. The van der Waals surface area contributed by atoms with E-state index in [1.807, 2.05) is 24.3 Å². The molecule has 2 fully saturated rings. The van der Waals surface area contributed by atoms with Crippen molar-refractivity contribution >= 4 is 29.9 Å². The first-order valence-electron chi connectivity index (χ1n) is 11.3. The lowest BCUT2D eigenvalue weighted by molar-refractivity contribution is -0.140. The number of likely N-dealkylation sites (tertiary alicyclic amines) is 1. The third-order valence-electron chi connectivity index (χ3n) is 6.40. The van der Waals surface area contributed by atoms with E-state index in [0.717, 1.165) is 63.4 Å². The van der Waals surface area contributed by atoms with Gasteiger partial charge in [0.15, 0.2) is 0 Å². The summed E-state index contributed by atoms with van der Waals surface area (Å²) in [6, 6.07) is 8.25. The molecule has 0 saturated carbocycles. The summed E-state index contributed by atoms with van der Waals surface area (Å²) in [5.41, 5.74) is 1.16. The van der Waals surface area contributed by atoms with Gasteiger partial charge in [-0.25, -0.2) is 0 Å². The quantitative estimate of drug-likeness (QED) is 0.474. The molecule has 0 bridgehead atoms. The van der Waals surface area contributed by atoms with Gasteiger partial charge in [0, 0.05) is 32.7 Å². The van der Waals surface area contributed by atoms with Gasteiger partial charge in [-0.15, -0.1) is 12.4 Å². The predicted molar refractivity (Wildman–Crippen MR) is 125 cm³/mol. The molecule has 2 amide bonds. The molecule has 0 aromatic heterocycles. The normalized spacial score (nSPS) is 23.8. The van der Waals surface area contributed by atoms with E-state index in [0.29, 0.717) is 6.54 Å². The third kappa shape index (κ3) is 5.24. The van der Waals surface area contributed by atoms with Gasteiger partial charge in [-0.05, 0) is 51.8 Å². The van der Waals surface area contributed by atoms with Crippen LogP contribution < -0.4 is 9.64 Å². The number of hydrogen-bond acceptors (Lipinski definition) is 5. The molecular weight excluding hydrogens is 414 g/mol. The van der Waals surface area contributed by atoms with Crippen LogP contribution in [0.25, 0.3) is 0 Å². The van der Waals surface area contributed by atoms with Crippen LogP contribution in [0.1, 0.15) is 33.1 Å². The zero-order valence-electron chi connectivity index (χ0n) is 18.5. The Labute approximate surface area is 191 Å². The molecule has 31 heavy (non-hydrogen) atoms. The number of carbonyl (C=O) groups is 2. The lowest BCUT2D eigenvalue weighted by atomic mass is 9.85. The molecule has 4 rings (SSSR count). The number of anilines is 1. The van der Waals surface area contributed by atoms with E-state index in [9.17, 15) is 9.59 Å². The zero-order valence-corrected chi connectivity index (χ0v) is 19.4. The molecule has 1 aliphatic carbocycles. The van der Waals surface area contributed by atoms with Crippen molar-refractivity contribution in [1.82, 2.24) is 9.80 Å². The van der Waals surface area contributed by atoms with Crippen molar-refractivity contribution in [1.29, 1.82) is 0 Å². The first kappa shape index (κ1) is 23.6. The largest absolute Gasteiger partial charge is 0.489 e. The van der Waals surface area contributed by atoms with Crippen LogP contribution in [0.5, 0.6) is 5.75 Å². The second-order valence-corrected chi connectivity index (χ2v) is 8.80. The fraction of sp³-hybridized carbons (Fsp3) is 0.583. The number of rotatable bonds is 7. The predicted octanol–water partition coefficient (Wildman–Crippen LogP) is 3.36. The summed E-state index contributed by atoms with van der Waals surface area (Å²) in [7, 11) is 0. The smallest absolute Gasteiger partial charge is 0.233 e. The van der Waals surface area contributed by atoms with Gasteiger partial charge < -0.3 is 9.64 Å². The van der Waals surface area contributed by atoms with Crippen LogP contribution in [0.4, 0.5) is 5.69 Å². The Bertz CT molecular complexity index is 779. The van der Waals surface area contributed by atoms with Gasteiger partial charge in [0.2, 0.25) is 11.8 Å². The van der Waals surface area contributed by atoms with E-state index >= 15 is 0 Å². The van der Waals surface area contributed by atoms with Crippen LogP contribution in [0.2, 0.25) is 0 Å². The number of ether oxygens (including phenoxy) is 1.